The SMILES string of the molecule is Cc1cc2c(s1)CCCCC2C(=O)O. The Bertz CT molecular complexity index is 354. The second kappa shape index (κ2) is 3.73. The van der Waals surface area contributed by atoms with E-state index in [1.807, 2.05) is 0 Å². The smallest absolute Gasteiger partial charge is 0.311 e. The second-order valence-corrected chi connectivity index (χ2v) is 5.21. The highest BCUT2D eigenvalue weighted by atomic mass is 32.1. The van der Waals surface area contributed by atoms with Crippen molar-refractivity contribution in [2.75, 3.05) is 0 Å². The molecule has 0 spiro atoms. The molecule has 0 aliphatic heterocycles. The molecule has 14 heavy (non-hydrogen) atoms. The van der Waals surface area contributed by atoms with Gasteiger partial charge in [0.25, 0.3) is 0 Å². The molecule has 2 rings (SSSR count). The molecule has 0 aromatic carbocycles. The minimum absolute atomic E-state index is 0.252. The van der Waals surface area contributed by atoms with Crippen LogP contribution in [-0.4, -0.2) is 11.1 Å². The topological polar surface area (TPSA) is 37.3 Å². The first-order chi connectivity index (χ1) is 6.68. The van der Waals surface area contributed by atoms with E-state index in [9.17, 15) is 4.79 Å². The number of aryl methyl sites for hydroxylation is 2. The van der Waals surface area contributed by atoms with E-state index >= 15 is 0 Å². The molecule has 1 aromatic rings. The molecule has 1 aliphatic carbocycles. The Hall–Kier alpha value is -0.830. The van der Waals surface area contributed by atoms with Gasteiger partial charge in [-0.3, -0.25) is 4.79 Å². The summed E-state index contributed by atoms with van der Waals surface area (Å²) < 4.78 is 0. The molecule has 0 saturated heterocycles. The van der Waals surface area contributed by atoms with E-state index < -0.39 is 5.97 Å². The van der Waals surface area contributed by atoms with Crippen molar-refractivity contribution in [3.05, 3.63) is 21.4 Å². The van der Waals surface area contributed by atoms with Crippen molar-refractivity contribution >= 4 is 17.3 Å². The summed E-state index contributed by atoms with van der Waals surface area (Å²) in [6, 6.07) is 2.06. The fourth-order valence-corrected chi connectivity index (χ4v) is 3.26. The van der Waals surface area contributed by atoms with Gasteiger partial charge in [-0.05, 0) is 37.8 Å². The summed E-state index contributed by atoms with van der Waals surface area (Å²) >= 11 is 1.76. The molecule has 1 atom stereocenters. The van der Waals surface area contributed by atoms with Crippen LogP contribution < -0.4 is 0 Å². The van der Waals surface area contributed by atoms with Gasteiger partial charge in [0.1, 0.15) is 0 Å². The van der Waals surface area contributed by atoms with E-state index in [4.69, 9.17) is 5.11 Å². The number of thiophene rings is 1. The van der Waals surface area contributed by atoms with Gasteiger partial charge in [0.05, 0.1) is 5.92 Å². The Morgan fingerprint density at radius 3 is 3.07 bits per heavy atom. The lowest BCUT2D eigenvalue weighted by molar-refractivity contribution is -0.138. The molecule has 2 nitrogen and oxygen atoms in total. The summed E-state index contributed by atoms with van der Waals surface area (Å²) in [5.74, 6) is -0.914. The summed E-state index contributed by atoms with van der Waals surface area (Å²) in [6.07, 6.45) is 4.05. The molecule has 1 heterocycles. The molecule has 3 heteroatoms. The minimum atomic E-state index is -0.661. The van der Waals surface area contributed by atoms with Crippen LogP contribution in [0.4, 0.5) is 0 Å². The largest absolute Gasteiger partial charge is 0.481 e. The van der Waals surface area contributed by atoms with Crippen LogP contribution in [0.25, 0.3) is 0 Å². The van der Waals surface area contributed by atoms with Crippen LogP contribution in [0.3, 0.4) is 0 Å². The predicted octanol–water partition coefficient (Wildman–Crippen LogP) is 2.95. The Labute approximate surface area is 87.6 Å². The van der Waals surface area contributed by atoms with E-state index in [0.717, 1.165) is 31.2 Å². The average Bonchev–Trinajstić information content (AvgIpc) is 2.35. The van der Waals surface area contributed by atoms with Crippen molar-refractivity contribution in [3.63, 3.8) is 0 Å². The number of aliphatic carboxylic acids is 1. The Kier molecular flexibility index (Phi) is 2.59. The van der Waals surface area contributed by atoms with Crippen molar-refractivity contribution in [2.45, 2.75) is 38.5 Å². The maximum Gasteiger partial charge on any atom is 0.311 e. The number of hydrogen-bond donors (Lipinski definition) is 1. The highest BCUT2D eigenvalue weighted by Crippen LogP contribution is 2.35. The molecule has 0 radical (unpaired) electrons. The molecule has 0 saturated carbocycles. The van der Waals surface area contributed by atoms with Gasteiger partial charge in [-0.1, -0.05) is 6.42 Å². The van der Waals surface area contributed by atoms with Crippen molar-refractivity contribution in [3.8, 4) is 0 Å². The van der Waals surface area contributed by atoms with Crippen LogP contribution in [0.15, 0.2) is 6.07 Å². The molecule has 76 valence electrons. The monoisotopic (exact) mass is 210 g/mol. The lowest BCUT2D eigenvalue weighted by Gasteiger charge is -2.08. The summed E-state index contributed by atoms with van der Waals surface area (Å²) in [6.45, 7) is 2.05. The molecule has 0 amide bonds. The Morgan fingerprint density at radius 2 is 2.36 bits per heavy atom. The number of rotatable bonds is 1. The van der Waals surface area contributed by atoms with Crippen molar-refractivity contribution in [2.24, 2.45) is 0 Å². The highest BCUT2D eigenvalue weighted by Gasteiger charge is 2.25. The zero-order chi connectivity index (χ0) is 10.1. The molecule has 0 bridgehead atoms. The fraction of sp³-hybridized carbons (Fsp3) is 0.545. The van der Waals surface area contributed by atoms with Gasteiger partial charge in [0, 0.05) is 9.75 Å². The van der Waals surface area contributed by atoms with Gasteiger partial charge >= 0.3 is 5.97 Å². The lowest BCUT2D eigenvalue weighted by atomic mass is 9.97. The zero-order valence-electron chi connectivity index (χ0n) is 8.25. The van der Waals surface area contributed by atoms with Gasteiger partial charge in [0.15, 0.2) is 0 Å². The third-order valence-corrected chi connectivity index (χ3v) is 3.91. The van der Waals surface area contributed by atoms with Gasteiger partial charge in [-0.25, -0.2) is 0 Å². The summed E-state index contributed by atoms with van der Waals surface area (Å²) in [7, 11) is 0. The van der Waals surface area contributed by atoms with E-state index in [2.05, 4.69) is 13.0 Å². The second-order valence-electron chi connectivity index (χ2n) is 3.87. The quantitative estimate of drug-likeness (QED) is 0.723. The van der Waals surface area contributed by atoms with Crippen LogP contribution in [-0.2, 0) is 11.2 Å². The highest BCUT2D eigenvalue weighted by molar-refractivity contribution is 7.12. The van der Waals surface area contributed by atoms with Crippen LogP contribution >= 0.6 is 11.3 Å². The minimum Gasteiger partial charge on any atom is -0.481 e. The van der Waals surface area contributed by atoms with Crippen molar-refractivity contribution < 1.29 is 9.90 Å². The van der Waals surface area contributed by atoms with Crippen molar-refractivity contribution in [1.29, 1.82) is 0 Å². The summed E-state index contributed by atoms with van der Waals surface area (Å²) in [4.78, 5) is 13.6. The van der Waals surface area contributed by atoms with Gasteiger partial charge in [-0.2, -0.15) is 0 Å². The Balaban J connectivity index is 2.40. The number of carbonyl (C=O) groups is 1. The maximum atomic E-state index is 11.1. The van der Waals surface area contributed by atoms with Gasteiger partial charge in [-0.15, -0.1) is 11.3 Å². The third-order valence-electron chi connectivity index (χ3n) is 2.79. The number of carboxylic acids is 1. The zero-order valence-corrected chi connectivity index (χ0v) is 9.06. The molecule has 1 unspecified atom stereocenters. The molecule has 0 fully saturated rings. The fourth-order valence-electron chi connectivity index (χ4n) is 2.12. The van der Waals surface area contributed by atoms with E-state index in [1.54, 1.807) is 11.3 Å². The number of carboxylic acid groups (broad SMARTS) is 1. The first-order valence-electron chi connectivity index (χ1n) is 5.00. The van der Waals surface area contributed by atoms with Crippen LogP contribution in [0.5, 0.6) is 0 Å². The summed E-state index contributed by atoms with van der Waals surface area (Å²) in [5, 5.41) is 9.12. The molecular formula is C11H14O2S. The predicted molar refractivity (Wildman–Crippen MR) is 57.0 cm³/mol. The van der Waals surface area contributed by atoms with Gasteiger partial charge < -0.3 is 5.11 Å². The first-order valence-corrected chi connectivity index (χ1v) is 5.82. The molecular weight excluding hydrogens is 196 g/mol. The van der Waals surface area contributed by atoms with Crippen molar-refractivity contribution in [1.82, 2.24) is 0 Å². The third kappa shape index (κ3) is 1.69. The van der Waals surface area contributed by atoms with E-state index in [-0.39, 0.29) is 5.92 Å². The lowest BCUT2D eigenvalue weighted by Crippen LogP contribution is -2.10. The molecule has 1 N–H and O–H groups in total. The molecule has 1 aromatic heterocycles. The maximum absolute atomic E-state index is 11.1. The van der Waals surface area contributed by atoms with E-state index in [1.165, 1.54) is 9.75 Å². The first kappa shape index (κ1) is 9.71. The number of hydrogen-bond acceptors (Lipinski definition) is 2. The molecule has 1 aliphatic rings. The summed E-state index contributed by atoms with van der Waals surface area (Å²) in [5.41, 5.74) is 1.08. The van der Waals surface area contributed by atoms with Gasteiger partial charge in [0.2, 0.25) is 0 Å². The average molecular weight is 210 g/mol. The normalized spacial score (nSPS) is 21.4. The standard InChI is InChI=1S/C11H14O2S/c1-7-6-9-8(11(12)13)4-2-3-5-10(9)14-7/h6,8H,2-5H2,1H3,(H,12,13). The van der Waals surface area contributed by atoms with E-state index in [0.29, 0.717) is 0 Å². The van der Waals surface area contributed by atoms with Crippen LogP contribution in [0.2, 0.25) is 0 Å². The van der Waals surface area contributed by atoms with Crippen LogP contribution in [0, 0.1) is 6.92 Å². The Morgan fingerprint density at radius 1 is 1.57 bits per heavy atom. The van der Waals surface area contributed by atoms with Crippen LogP contribution in [0.1, 0.15) is 40.5 Å². The number of fused-ring (bicyclic) bond motifs is 1.